The van der Waals surface area contributed by atoms with E-state index < -0.39 is 0 Å². The van der Waals surface area contributed by atoms with Crippen LogP contribution in [0.3, 0.4) is 0 Å². The largest absolute Gasteiger partial charge is 0.508 e. The number of aryl methyl sites for hydroxylation is 2. The lowest BCUT2D eigenvalue weighted by Gasteiger charge is -2.21. The summed E-state index contributed by atoms with van der Waals surface area (Å²) in [6.45, 7) is 0. The second kappa shape index (κ2) is 3.42. The molecule has 0 amide bonds. The first kappa shape index (κ1) is 10.0. The van der Waals surface area contributed by atoms with Crippen LogP contribution in [0.15, 0.2) is 30.3 Å². The molecule has 0 saturated heterocycles. The number of hydrogen-bond donors (Lipinski definition) is 3. The fraction of sp³-hybridized carbons (Fsp3) is 0.143. The Kier molecular flexibility index (Phi) is 2.01. The topological polar surface area (TPSA) is 60.7 Å². The number of phenolic OH excluding ortho intramolecular Hbond substituents is 3. The molecule has 17 heavy (non-hydrogen) atoms. The van der Waals surface area contributed by atoms with E-state index in [1.807, 2.05) is 6.07 Å². The van der Waals surface area contributed by atoms with E-state index in [1.54, 1.807) is 18.2 Å². The van der Waals surface area contributed by atoms with Gasteiger partial charge in [0.05, 0.1) is 0 Å². The van der Waals surface area contributed by atoms with E-state index in [4.69, 9.17) is 0 Å². The SMILES string of the molecule is Oc1cc(O)c2c(c1)CCc1cccc(O)c1-2. The fourth-order valence-corrected chi connectivity index (χ4v) is 2.51. The third-order valence-electron chi connectivity index (χ3n) is 3.23. The predicted octanol–water partition coefficient (Wildman–Crippen LogP) is 2.57. The van der Waals surface area contributed by atoms with E-state index in [0.29, 0.717) is 11.1 Å². The highest BCUT2D eigenvalue weighted by Crippen LogP contribution is 2.45. The Morgan fingerprint density at radius 1 is 0.765 bits per heavy atom. The van der Waals surface area contributed by atoms with Crippen molar-refractivity contribution >= 4 is 0 Å². The van der Waals surface area contributed by atoms with Crippen LogP contribution in [0.4, 0.5) is 0 Å². The molecule has 3 nitrogen and oxygen atoms in total. The lowest BCUT2D eigenvalue weighted by molar-refractivity contribution is 0.448. The maximum absolute atomic E-state index is 9.94. The molecule has 0 saturated carbocycles. The average Bonchev–Trinajstić information content (AvgIpc) is 2.28. The van der Waals surface area contributed by atoms with E-state index >= 15 is 0 Å². The van der Waals surface area contributed by atoms with Gasteiger partial charge >= 0.3 is 0 Å². The van der Waals surface area contributed by atoms with Gasteiger partial charge in [-0.2, -0.15) is 0 Å². The molecule has 2 aromatic rings. The zero-order valence-electron chi connectivity index (χ0n) is 9.14. The summed E-state index contributed by atoms with van der Waals surface area (Å²) in [5, 5.41) is 29.3. The first-order valence-electron chi connectivity index (χ1n) is 5.53. The summed E-state index contributed by atoms with van der Waals surface area (Å²) in [7, 11) is 0. The zero-order chi connectivity index (χ0) is 12.0. The minimum Gasteiger partial charge on any atom is -0.508 e. The van der Waals surface area contributed by atoms with Gasteiger partial charge in [0.1, 0.15) is 17.2 Å². The van der Waals surface area contributed by atoms with E-state index in [2.05, 4.69) is 0 Å². The molecule has 0 unspecified atom stereocenters. The summed E-state index contributed by atoms with van der Waals surface area (Å²) in [4.78, 5) is 0. The second-order valence-corrected chi connectivity index (χ2v) is 4.31. The Morgan fingerprint density at radius 2 is 1.47 bits per heavy atom. The van der Waals surface area contributed by atoms with Crippen molar-refractivity contribution in [1.29, 1.82) is 0 Å². The van der Waals surface area contributed by atoms with E-state index in [1.165, 1.54) is 6.07 Å². The quantitative estimate of drug-likeness (QED) is 0.649. The Bertz CT molecular complexity index is 603. The molecule has 2 aromatic carbocycles. The van der Waals surface area contributed by atoms with Gasteiger partial charge in [-0.3, -0.25) is 0 Å². The molecule has 3 heteroatoms. The summed E-state index contributed by atoms with van der Waals surface area (Å²) in [6, 6.07) is 8.31. The Morgan fingerprint density at radius 3 is 2.29 bits per heavy atom. The van der Waals surface area contributed by atoms with Crippen LogP contribution in [-0.4, -0.2) is 15.3 Å². The van der Waals surface area contributed by atoms with Crippen molar-refractivity contribution in [3.05, 3.63) is 41.5 Å². The smallest absolute Gasteiger partial charge is 0.127 e. The lowest BCUT2D eigenvalue weighted by Crippen LogP contribution is -2.04. The molecule has 3 N–H and O–H groups in total. The fourth-order valence-electron chi connectivity index (χ4n) is 2.51. The lowest BCUT2D eigenvalue weighted by atomic mass is 9.84. The molecule has 0 atom stereocenters. The van der Waals surface area contributed by atoms with Gasteiger partial charge in [0.25, 0.3) is 0 Å². The van der Waals surface area contributed by atoms with Gasteiger partial charge in [-0.05, 0) is 36.1 Å². The molecule has 3 rings (SSSR count). The van der Waals surface area contributed by atoms with Gasteiger partial charge in [0.15, 0.2) is 0 Å². The van der Waals surface area contributed by atoms with E-state index in [-0.39, 0.29) is 17.2 Å². The number of aromatic hydroxyl groups is 3. The molecule has 0 heterocycles. The first-order valence-corrected chi connectivity index (χ1v) is 5.53. The predicted molar refractivity (Wildman–Crippen MR) is 64.3 cm³/mol. The number of rotatable bonds is 0. The van der Waals surface area contributed by atoms with E-state index in [9.17, 15) is 15.3 Å². The van der Waals surface area contributed by atoms with Crippen molar-refractivity contribution in [2.24, 2.45) is 0 Å². The minimum atomic E-state index is 0.0162. The number of hydrogen-bond acceptors (Lipinski definition) is 3. The molecule has 0 fully saturated rings. The first-order chi connectivity index (χ1) is 8.16. The number of benzene rings is 2. The zero-order valence-corrected chi connectivity index (χ0v) is 9.14. The summed E-state index contributed by atoms with van der Waals surface area (Å²) in [5.74, 6) is 0.243. The summed E-state index contributed by atoms with van der Waals surface area (Å²) in [5.41, 5.74) is 3.23. The molecule has 0 radical (unpaired) electrons. The number of phenols is 3. The van der Waals surface area contributed by atoms with Gasteiger partial charge in [-0.25, -0.2) is 0 Å². The van der Waals surface area contributed by atoms with Crippen LogP contribution in [0, 0.1) is 0 Å². The molecule has 86 valence electrons. The van der Waals surface area contributed by atoms with Crippen molar-refractivity contribution in [3.8, 4) is 28.4 Å². The highest BCUT2D eigenvalue weighted by molar-refractivity contribution is 5.83. The summed E-state index contributed by atoms with van der Waals surface area (Å²) in [6.07, 6.45) is 1.56. The van der Waals surface area contributed by atoms with Crippen LogP contribution in [0.2, 0.25) is 0 Å². The monoisotopic (exact) mass is 228 g/mol. The third kappa shape index (κ3) is 1.43. The van der Waals surface area contributed by atoms with Gasteiger partial charge in [-0.15, -0.1) is 0 Å². The second-order valence-electron chi connectivity index (χ2n) is 4.31. The molecular weight excluding hydrogens is 216 g/mol. The van der Waals surface area contributed by atoms with Crippen LogP contribution in [-0.2, 0) is 12.8 Å². The Labute approximate surface area is 98.6 Å². The van der Waals surface area contributed by atoms with Crippen LogP contribution in [0.1, 0.15) is 11.1 Å². The minimum absolute atomic E-state index is 0.0162. The Hall–Kier alpha value is -2.16. The molecule has 0 bridgehead atoms. The highest BCUT2D eigenvalue weighted by Gasteiger charge is 2.22. The molecule has 0 spiro atoms. The van der Waals surface area contributed by atoms with Crippen molar-refractivity contribution in [3.63, 3.8) is 0 Å². The molecular formula is C14H12O3. The Balaban J connectivity index is 2.36. The molecule has 0 aliphatic heterocycles. The maximum Gasteiger partial charge on any atom is 0.127 e. The van der Waals surface area contributed by atoms with Crippen LogP contribution in [0.25, 0.3) is 11.1 Å². The molecule has 0 aromatic heterocycles. The maximum atomic E-state index is 9.94. The van der Waals surface area contributed by atoms with Gasteiger partial charge in [0.2, 0.25) is 0 Å². The van der Waals surface area contributed by atoms with Gasteiger partial charge in [-0.1, -0.05) is 12.1 Å². The molecule has 1 aliphatic carbocycles. The van der Waals surface area contributed by atoms with Crippen molar-refractivity contribution in [1.82, 2.24) is 0 Å². The van der Waals surface area contributed by atoms with E-state index in [0.717, 1.165) is 24.0 Å². The average molecular weight is 228 g/mol. The van der Waals surface area contributed by atoms with Gasteiger partial charge < -0.3 is 15.3 Å². The standard InChI is InChI=1S/C14H12O3/c15-10-6-9-5-4-8-2-1-3-11(16)13(8)14(9)12(17)7-10/h1-3,6-7,15-17H,4-5H2. The number of fused-ring (bicyclic) bond motifs is 3. The van der Waals surface area contributed by atoms with Crippen LogP contribution < -0.4 is 0 Å². The van der Waals surface area contributed by atoms with Gasteiger partial charge in [0, 0.05) is 17.2 Å². The molecule has 1 aliphatic rings. The van der Waals surface area contributed by atoms with Crippen LogP contribution >= 0.6 is 0 Å². The highest BCUT2D eigenvalue weighted by atomic mass is 16.3. The van der Waals surface area contributed by atoms with Crippen molar-refractivity contribution in [2.75, 3.05) is 0 Å². The summed E-state index contributed by atoms with van der Waals surface area (Å²) < 4.78 is 0. The van der Waals surface area contributed by atoms with Crippen molar-refractivity contribution in [2.45, 2.75) is 12.8 Å². The normalized spacial score (nSPS) is 12.9. The van der Waals surface area contributed by atoms with Crippen molar-refractivity contribution < 1.29 is 15.3 Å². The third-order valence-corrected chi connectivity index (χ3v) is 3.23. The summed E-state index contributed by atoms with van der Waals surface area (Å²) >= 11 is 0. The van der Waals surface area contributed by atoms with Crippen LogP contribution in [0.5, 0.6) is 17.2 Å².